The summed E-state index contributed by atoms with van der Waals surface area (Å²) in [7, 11) is 0. The third kappa shape index (κ3) is 1.32. The monoisotopic (exact) mass is 208 g/mol. The first-order valence-corrected chi connectivity index (χ1v) is 5.81. The van der Waals surface area contributed by atoms with E-state index in [1.54, 1.807) is 0 Å². The number of ketones is 1. The van der Waals surface area contributed by atoms with Crippen molar-refractivity contribution < 1.29 is 14.3 Å². The highest BCUT2D eigenvalue weighted by Crippen LogP contribution is 2.55. The smallest absolute Gasteiger partial charge is 0.303 e. The fraction of sp³-hybridized carbons (Fsp3) is 0.833. The van der Waals surface area contributed by atoms with E-state index in [2.05, 4.69) is 0 Å². The Labute approximate surface area is 89.2 Å². The SMILES string of the molecule is CC(=O)OC12CC3C[C@H](C1)C(=O)[C@H](C3)C2. The second kappa shape index (κ2) is 2.83. The number of carbonyl (C=O) groups is 2. The van der Waals surface area contributed by atoms with Crippen LogP contribution < -0.4 is 0 Å². The summed E-state index contributed by atoms with van der Waals surface area (Å²) in [5, 5.41) is 0. The minimum Gasteiger partial charge on any atom is -0.459 e. The molecule has 0 N–H and O–H groups in total. The van der Waals surface area contributed by atoms with Gasteiger partial charge in [-0.15, -0.1) is 0 Å². The summed E-state index contributed by atoms with van der Waals surface area (Å²) in [5.41, 5.74) is -0.268. The molecule has 0 saturated heterocycles. The molecule has 4 saturated carbocycles. The summed E-state index contributed by atoms with van der Waals surface area (Å²) >= 11 is 0. The zero-order chi connectivity index (χ0) is 10.6. The summed E-state index contributed by atoms with van der Waals surface area (Å²) in [4.78, 5) is 23.0. The van der Waals surface area contributed by atoms with Gasteiger partial charge in [0.25, 0.3) is 0 Å². The number of hydrogen-bond acceptors (Lipinski definition) is 3. The molecular formula is C12H16O3. The predicted molar refractivity (Wildman–Crippen MR) is 53.1 cm³/mol. The van der Waals surface area contributed by atoms with Crippen LogP contribution in [0.4, 0.5) is 0 Å². The van der Waals surface area contributed by atoms with Crippen LogP contribution in [0.2, 0.25) is 0 Å². The molecule has 0 aromatic carbocycles. The Balaban J connectivity index is 1.89. The van der Waals surface area contributed by atoms with Crippen molar-refractivity contribution in [1.82, 2.24) is 0 Å². The van der Waals surface area contributed by atoms with Gasteiger partial charge in [0.2, 0.25) is 0 Å². The molecule has 4 aliphatic carbocycles. The van der Waals surface area contributed by atoms with Crippen LogP contribution in [0.15, 0.2) is 0 Å². The first kappa shape index (κ1) is 9.37. The molecule has 0 radical (unpaired) electrons. The molecule has 0 aromatic heterocycles. The van der Waals surface area contributed by atoms with E-state index in [4.69, 9.17) is 4.74 Å². The lowest BCUT2D eigenvalue weighted by Crippen LogP contribution is -2.56. The molecular weight excluding hydrogens is 192 g/mol. The standard InChI is InChI=1S/C12H16O3/c1-7(13)15-12-4-8-2-9(5-12)11(14)10(3-8)6-12/h8-10H,2-6H2,1H3/t8?,9-,10-,12?/m1/s1. The molecule has 82 valence electrons. The van der Waals surface area contributed by atoms with Gasteiger partial charge in [-0.05, 0) is 38.0 Å². The molecule has 3 nitrogen and oxygen atoms in total. The maximum atomic E-state index is 11.9. The van der Waals surface area contributed by atoms with Crippen molar-refractivity contribution in [2.24, 2.45) is 17.8 Å². The first-order valence-electron chi connectivity index (χ1n) is 5.81. The minimum atomic E-state index is -0.268. The average Bonchev–Trinajstić information content (AvgIpc) is 2.10. The molecule has 2 atom stereocenters. The highest BCUT2D eigenvalue weighted by atomic mass is 16.6. The maximum absolute atomic E-state index is 11.9. The molecule has 0 aliphatic heterocycles. The van der Waals surface area contributed by atoms with Gasteiger partial charge in [0, 0.05) is 18.8 Å². The second-order valence-corrected chi connectivity index (χ2v) is 5.52. The number of ether oxygens (including phenoxy) is 1. The van der Waals surface area contributed by atoms with E-state index in [0.717, 1.165) is 32.1 Å². The zero-order valence-electron chi connectivity index (χ0n) is 8.99. The van der Waals surface area contributed by atoms with Crippen LogP contribution in [0.25, 0.3) is 0 Å². The highest BCUT2D eigenvalue weighted by molar-refractivity contribution is 5.86. The van der Waals surface area contributed by atoms with Crippen LogP contribution in [-0.2, 0) is 14.3 Å². The fourth-order valence-corrected chi connectivity index (χ4v) is 4.11. The van der Waals surface area contributed by atoms with Gasteiger partial charge < -0.3 is 4.74 Å². The number of Topliss-reactive ketones (excluding diaryl/α,β-unsaturated/α-hetero) is 1. The van der Waals surface area contributed by atoms with Crippen molar-refractivity contribution in [3.05, 3.63) is 0 Å². The lowest BCUT2D eigenvalue weighted by Gasteiger charge is -2.54. The average molecular weight is 208 g/mol. The summed E-state index contributed by atoms with van der Waals surface area (Å²) in [6.07, 6.45) is 4.65. The Morgan fingerprint density at radius 1 is 1.27 bits per heavy atom. The van der Waals surface area contributed by atoms with Crippen molar-refractivity contribution >= 4 is 11.8 Å². The van der Waals surface area contributed by atoms with Gasteiger partial charge in [0.05, 0.1) is 0 Å². The molecule has 4 aliphatic rings. The molecule has 0 spiro atoms. The predicted octanol–water partition coefficient (Wildman–Crippen LogP) is 1.70. The first-order chi connectivity index (χ1) is 7.08. The van der Waals surface area contributed by atoms with Crippen LogP contribution in [0.1, 0.15) is 39.0 Å². The highest BCUT2D eigenvalue weighted by Gasteiger charge is 2.56. The van der Waals surface area contributed by atoms with Crippen LogP contribution in [0, 0.1) is 17.8 Å². The molecule has 15 heavy (non-hydrogen) atoms. The van der Waals surface area contributed by atoms with E-state index in [1.807, 2.05) is 0 Å². The van der Waals surface area contributed by atoms with Crippen molar-refractivity contribution in [2.75, 3.05) is 0 Å². The van der Waals surface area contributed by atoms with E-state index < -0.39 is 0 Å². The van der Waals surface area contributed by atoms with E-state index >= 15 is 0 Å². The molecule has 0 aromatic rings. The van der Waals surface area contributed by atoms with Crippen LogP contribution in [0.3, 0.4) is 0 Å². The third-order valence-electron chi connectivity index (χ3n) is 4.30. The van der Waals surface area contributed by atoms with Gasteiger partial charge in [-0.1, -0.05) is 0 Å². The Hall–Kier alpha value is -0.860. The number of esters is 1. The third-order valence-corrected chi connectivity index (χ3v) is 4.30. The van der Waals surface area contributed by atoms with E-state index in [0.29, 0.717) is 11.7 Å². The summed E-state index contributed by atoms with van der Waals surface area (Å²) in [5.74, 6) is 1.25. The largest absolute Gasteiger partial charge is 0.459 e. The fourth-order valence-electron chi connectivity index (χ4n) is 4.11. The minimum absolute atomic E-state index is 0.190. The molecule has 4 bridgehead atoms. The van der Waals surface area contributed by atoms with Gasteiger partial charge in [0.15, 0.2) is 0 Å². The lowest BCUT2D eigenvalue weighted by atomic mass is 9.53. The van der Waals surface area contributed by atoms with Crippen LogP contribution in [-0.4, -0.2) is 17.4 Å². The molecule has 3 heteroatoms. The normalized spacial score (nSPS) is 47.0. The van der Waals surface area contributed by atoms with Gasteiger partial charge in [0.1, 0.15) is 11.4 Å². The topological polar surface area (TPSA) is 43.4 Å². The van der Waals surface area contributed by atoms with Crippen LogP contribution in [0.5, 0.6) is 0 Å². The van der Waals surface area contributed by atoms with Crippen molar-refractivity contribution in [3.8, 4) is 0 Å². The molecule has 0 heterocycles. The van der Waals surface area contributed by atoms with Gasteiger partial charge in [-0.2, -0.15) is 0 Å². The second-order valence-electron chi connectivity index (χ2n) is 5.52. The van der Waals surface area contributed by atoms with E-state index in [9.17, 15) is 9.59 Å². The van der Waals surface area contributed by atoms with Crippen molar-refractivity contribution in [1.29, 1.82) is 0 Å². The van der Waals surface area contributed by atoms with Gasteiger partial charge in [-0.3, -0.25) is 9.59 Å². The zero-order valence-corrected chi connectivity index (χ0v) is 8.99. The lowest BCUT2D eigenvalue weighted by molar-refractivity contribution is -0.187. The molecule has 0 amide bonds. The van der Waals surface area contributed by atoms with Gasteiger partial charge in [-0.25, -0.2) is 0 Å². The number of hydrogen-bond donors (Lipinski definition) is 0. The summed E-state index contributed by atoms with van der Waals surface area (Å²) in [6, 6.07) is 0. The number of carbonyl (C=O) groups excluding carboxylic acids is 2. The van der Waals surface area contributed by atoms with E-state index in [-0.39, 0.29) is 23.4 Å². The maximum Gasteiger partial charge on any atom is 0.303 e. The van der Waals surface area contributed by atoms with Crippen LogP contribution >= 0.6 is 0 Å². The van der Waals surface area contributed by atoms with Gasteiger partial charge >= 0.3 is 5.97 Å². The summed E-state index contributed by atoms with van der Waals surface area (Å²) in [6.45, 7) is 1.47. The van der Waals surface area contributed by atoms with E-state index in [1.165, 1.54) is 6.92 Å². The molecule has 4 rings (SSSR count). The van der Waals surface area contributed by atoms with Crippen molar-refractivity contribution in [2.45, 2.75) is 44.6 Å². The number of rotatable bonds is 1. The molecule has 0 unspecified atom stereocenters. The Bertz CT molecular complexity index is 316. The Morgan fingerprint density at radius 3 is 2.40 bits per heavy atom. The van der Waals surface area contributed by atoms with Crippen molar-refractivity contribution in [3.63, 3.8) is 0 Å². The Kier molecular flexibility index (Phi) is 1.77. The summed E-state index contributed by atoms with van der Waals surface area (Å²) < 4.78 is 5.51. The quantitative estimate of drug-likeness (QED) is 0.616. The molecule has 4 fully saturated rings. The Morgan fingerprint density at radius 2 is 1.87 bits per heavy atom.